The fourth-order valence-electron chi connectivity index (χ4n) is 4.55. The Hall–Kier alpha value is -1.28. The predicted molar refractivity (Wildman–Crippen MR) is 185 cm³/mol. The van der Waals surface area contributed by atoms with Crippen LogP contribution in [0.2, 0.25) is 0 Å². The van der Waals surface area contributed by atoms with Crippen LogP contribution in [0.3, 0.4) is 0 Å². The molecule has 264 valence electrons. The van der Waals surface area contributed by atoms with Gasteiger partial charge in [-0.25, -0.2) is 0 Å². The van der Waals surface area contributed by atoms with Crippen molar-refractivity contribution in [1.29, 1.82) is 0 Å². The Bertz CT molecular complexity index is 823. The first-order valence-electron chi connectivity index (χ1n) is 17.7. The molecule has 0 aliphatic carbocycles. The SMILES string of the molecule is CCCCCCC/C=C\C/C=C\C/C=C\CCCCCCCCCCCOCC(COP(=O)([O-])OCC[N+](C)(C)C)OC(C)=O. The lowest BCUT2D eigenvalue weighted by Gasteiger charge is -2.28. The number of hydrogen-bond acceptors (Lipinski definition) is 7. The van der Waals surface area contributed by atoms with Gasteiger partial charge in [0.05, 0.1) is 34.4 Å². The van der Waals surface area contributed by atoms with Crippen molar-refractivity contribution >= 4 is 13.8 Å². The molecule has 0 aromatic heterocycles. The van der Waals surface area contributed by atoms with E-state index in [-0.39, 0.29) is 19.8 Å². The van der Waals surface area contributed by atoms with E-state index in [0.29, 0.717) is 17.6 Å². The number of allylic oxidation sites excluding steroid dienone is 6. The van der Waals surface area contributed by atoms with Crippen LogP contribution in [0.4, 0.5) is 0 Å². The molecule has 2 unspecified atom stereocenters. The van der Waals surface area contributed by atoms with Gasteiger partial charge in [-0.1, -0.05) is 114 Å². The summed E-state index contributed by atoms with van der Waals surface area (Å²) in [6, 6.07) is 0. The summed E-state index contributed by atoms with van der Waals surface area (Å²) in [4.78, 5) is 23.4. The van der Waals surface area contributed by atoms with Gasteiger partial charge in [0.2, 0.25) is 0 Å². The van der Waals surface area contributed by atoms with Crippen molar-refractivity contribution in [2.45, 2.75) is 136 Å². The molecular weight excluding hydrogens is 589 g/mol. The Kier molecular flexibility index (Phi) is 29.2. The van der Waals surface area contributed by atoms with Gasteiger partial charge in [0.15, 0.2) is 0 Å². The van der Waals surface area contributed by atoms with Crippen LogP contribution in [-0.4, -0.2) is 70.7 Å². The van der Waals surface area contributed by atoms with E-state index >= 15 is 0 Å². The van der Waals surface area contributed by atoms with Crippen LogP contribution in [0, 0.1) is 0 Å². The van der Waals surface area contributed by atoms with E-state index in [4.69, 9.17) is 18.5 Å². The molecule has 0 aliphatic heterocycles. The van der Waals surface area contributed by atoms with Gasteiger partial charge in [0.25, 0.3) is 7.82 Å². The molecule has 0 saturated heterocycles. The summed E-state index contributed by atoms with van der Waals surface area (Å²) >= 11 is 0. The first-order chi connectivity index (χ1) is 21.6. The van der Waals surface area contributed by atoms with Gasteiger partial charge in [0, 0.05) is 13.5 Å². The number of carbonyl (C=O) groups is 1. The number of ether oxygens (including phenoxy) is 2. The van der Waals surface area contributed by atoms with E-state index in [2.05, 4.69) is 43.4 Å². The highest BCUT2D eigenvalue weighted by atomic mass is 31.2. The van der Waals surface area contributed by atoms with Crippen LogP contribution >= 0.6 is 7.82 Å². The third kappa shape index (κ3) is 35.4. The summed E-state index contributed by atoms with van der Waals surface area (Å²) in [5.41, 5.74) is 0. The summed E-state index contributed by atoms with van der Waals surface area (Å²) < 4.78 is 33.2. The van der Waals surface area contributed by atoms with Crippen molar-refractivity contribution in [2.75, 3.05) is 54.1 Å². The first-order valence-corrected chi connectivity index (χ1v) is 19.1. The zero-order chi connectivity index (χ0) is 33.5. The van der Waals surface area contributed by atoms with Crippen LogP contribution in [0.1, 0.15) is 129 Å². The zero-order valence-electron chi connectivity index (χ0n) is 29.6. The monoisotopic (exact) mass is 657 g/mol. The Morgan fingerprint density at radius 3 is 1.69 bits per heavy atom. The number of quaternary nitrogens is 1. The fraction of sp³-hybridized carbons (Fsp3) is 0.806. The van der Waals surface area contributed by atoms with Gasteiger partial charge >= 0.3 is 5.97 Å². The third-order valence-corrected chi connectivity index (χ3v) is 8.21. The number of esters is 1. The van der Waals surface area contributed by atoms with E-state index in [1.807, 2.05) is 21.1 Å². The number of hydrogen-bond donors (Lipinski definition) is 0. The number of phosphoric acid groups is 1. The van der Waals surface area contributed by atoms with Crippen LogP contribution in [0.5, 0.6) is 0 Å². The molecule has 0 radical (unpaired) electrons. The summed E-state index contributed by atoms with van der Waals surface area (Å²) in [6.45, 7) is 4.37. The molecule has 0 aromatic carbocycles. The maximum absolute atomic E-state index is 12.0. The minimum atomic E-state index is -4.47. The Balaban J connectivity index is 3.66. The van der Waals surface area contributed by atoms with E-state index in [0.717, 1.165) is 25.7 Å². The van der Waals surface area contributed by atoms with Crippen molar-refractivity contribution < 1.29 is 37.3 Å². The fourth-order valence-corrected chi connectivity index (χ4v) is 5.28. The smallest absolute Gasteiger partial charge is 0.303 e. The van der Waals surface area contributed by atoms with Crippen molar-refractivity contribution in [3.63, 3.8) is 0 Å². The molecule has 0 heterocycles. The number of phosphoric ester groups is 1. The Labute approximate surface area is 276 Å². The Morgan fingerprint density at radius 2 is 1.18 bits per heavy atom. The van der Waals surface area contributed by atoms with Crippen molar-refractivity contribution in [1.82, 2.24) is 0 Å². The number of rotatable bonds is 32. The largest absolute Gasteiger partial charge is 0.756 e. The van der Waals surface area contributed by atoms with Crippen molar-refractivity contribution in [3.8, 4) is 0 Å². The molecule has 8 nitrogen and oxygen atoms in total. The standard InChI is InChI=1S/C36H68NO7P/c1-6-7-8-9-10-11-12-13-14-15-16-17-18-19-20-21-22-23-24-25-26-27-28-29-31-41-33-36(44-35(2)38)34-43-45(39,40)42-32-30-37(3,4)5/h12-13,15-16,18-19,36H,6-11,14,17,20-34H2,1-5H3/b13-12-,16-15-,19-18-. The topological polar surface area (TPSA) is 94.1 Å². The second-order valence-electron chi connectivity index (χ2n) is 13.0. The molecule has 0 aliphatic rings. The van der Waals surface area contributed by atoms with Crippen LogP contribution < -0.4 is 4.89 Å². The maximum atomic E-state index is 12.0. The van der Waals surface area contributed by atoms with E-state index in [1.165, 1.54) is 96.8 Å². The summed E-state index contributed by atoms with van der Waals surface area (Å²) in [5, 5.41) is 0. The lowest BCUT2D eigenvalue weighted by molar-refractivity contribution is -0.870. The molecule has 0 saturated carbocycles. The summed E-state index contributed by atoms with van der Waals surface area (Å²) in [7, 11) is 1.34. The van der Waals surface area contributed by atoms with Gasteiger partial charge in [-0.2, -0.15) is 0 Å². The van der Waals surface area contributed by atoms with Crippen LogP contribution in [0.15, 0.2) is 36.5 Å². The average Bonchev–Trinajstić information content (AvgIpc) is 2.96. The molecule has 0 spiro atoms. The van der Waals surface area contributed by atoms with E-state index in [1.54, 1.807) is 0 Å². The first kappa shape index (κ1) is 43.7. The number of carbonyl (C=O) groups excluding carboxylic acids is 1. The zero-order valence-corrected chi connectivity index (χ0v) is 30.5. The minimum absolute atomic E-state index is 0.0207. The molecular formula is C36H68NO7P. The van der Waals surface area contributed by atoms with Crippen LogP contribution in [-0.2, 0) is 27.9 Å². The molecule has 0 fully saturated rings. The molecule has 45 heavy (non-hydrogen) atoms. The van der Waals surface area contributed by atoms with Gasteiger partial charge in [-0.3, -0.25) is 9.36 Å². The highest BCUT2D eigenvalue weighted by Gasteiger charge is 2.19. The van der Waals surface area contributed by atoms with Crippen LogP contribution in [0.25, 0.3) is 0 Å². The third-order valence-electron chi connectivity index (χ3n) is 7.24. The maximum Gasteiger partial charge on any atom is 0.303 e. The predicted octanol–water partition coefficient (Wildman–Crippen LogP) is 8.85. The molecule has 0 bridgehead atoms. The Morgan fingerprint density at radius 1 is 0.689 bits per heavy atom. The number of unbranched alkanes of at least 4 members (excludes halogenated alkanes) is 14. The number of likely N-dealkylation sites (N-methyl/N-ethyl adjacent to an activating group) is 1. The molecule has 0 rings (SSSR count). The van der Waals surface area contributed by atoms with E-state index < -0.39 is 19.9 Å². The van der Waals surface area contributed by atoms with Gasteiger partial charge in [-0.15, -0.1) is 0 Å². The average molecular weight is 658 g/mol. The minimum Gasteiger partial charge on any atom is -0.756 e. The molecule has 0 amide bonds. The highest BCUT2D eigenvalue weighted by molar-refractivity contribution is 7.45. The highest BCUT2D eigenvalue weighted by Crippen LogP contribution is 2.38. The molecule has 9 heteroatoms. The van der Waals surface area contributed by atoms with Gasteiger partial charge < -0.3 is 27.9 Å². The van der Waals surface area contributed by atoms with Gasteiger partial charge in [-0.05, 0) is 44.9 Å². The number of nitrogens with zero attached hydrogens (tertiary/aromatic N) is 1. The van der Waals surface area contributed by atoms with Crippen molar-refractivity contribution in [2.24, 2.45) is 0 Å². The molecule has 0 N–H and O–H groups in total. The second kappa shape index (κ2) is 30.1. The summed E-state index contributed by atoms with van der Waals surface area (Å²) in [5.74, 6) is -0.513. The van der Waals surface area contributed by atoms with Gasteiger partial charge in [0.1, 0.15) is 19.3 Å². The quantitative estimate of drug-likeness (QED) is 0.0235. The van der Waals surface area contributed by atoms with E-state index in [9.17, 15) is 14.3 Å². The normalized spacial score (nSPS) is 14.5. The lowest BCUT2D eigenvalue weighted by atomic mass is 10.1. The van der Waals surface area contributed by atoms with Crippen molar-refractivity contribution in [3.05, 3.63) is 36.5 Å². The lowest BCUT2D eigenvalue weighted by Crippen LogP contribution is -2.37. The summed E-state index contributed by atoms with van der Waals surface area (Å²) in [6.07, 6.45) is 35.1. The molecule has 0 aromatic rings. The molecule has 2 atom stereocenters. The second-order valence-corrected chi connectivity index (χ2v) is 14.4.